The Kier molecular flexibility index (Phi) is 10.6. The second-order valence-corrected chi connectivity index (χ2v) is 8.65. The Bertz CT molecular complexity index is 857. The van der Waals surface area contributed by atoms with E-state index in [0.717, 1.165) is 37.9 Å². The highest BCUT2D eigenvalue weighted by molar-refractivity contribution is 6.33. The van der Waals surface area contributed by atoms with E-state index >= 15 is 0 Å². The van der Waals surface area contributed by atoms with Gasteiger partial charge in [0, 0.05) is 43.4 Å². The first-order chi connectivity index (χ1) is 14.4. The van der Waals surface area contributed by atoms with Crippen LogP contribution in [0, 0.1) is 0 Å². The summed E-state index contributed by atoms with van der Waals surface area (Å²) in [4.78, 5) is 13.4. The van der Waals surface area contributed by atoms with E-state index < -0.39 is 5.97 Å². The van der Waals surface area contributed by atoms with Gasteiger partial charge in [0.25, 0.3) is 0 Å². The average molecular weight is 448 g/mol. The number of hydrogen-bond donors (Lipinski definition) is 0. The molecule has 0 N–H and O–H groups in total. The van der Waals surface area contributed by atoms with Crippen LogP contribution in [0.3, 0.4) is 0 Å². The molecule has 0 heterocycles. The lowest BCUT2D eigenvalue weighted by Crippen LogP contribution is -2.34. The van der Waals surface area contributed by atoms with Crippen molar-refractivity contribution >= 4 is 40.3 Å². The summed E-state index contributed by atoms with van der Waals surface area (Å²) in [5.41, 5.74) is 3.82. The maximum Gasteiger partial charge on any atom is 0.133 e. The Morgan fingerprint density at radius 3 is 2.06 bits per heavy atom. The summed E-state index contributed by atoms with van der Waals surface area (Å²) in [7, 11) is 10.5. The number of carboxylic acids is 1. The van der Waals surface area contributed by atoms with Gasteiger partial charge in [-0.05, 0) is 58.3 Å². The first-order valence-electron chi connectivity index (χ1n) is 10.1. The number of azo groups is 1. The highest BCUT2D eigenvalue weighted by Crippen LogP contribution is 2.32. The van der Waals surface area contributed by atoms with Crippen LogP contribution in [-0.4, -0.2) is 65.7 Å². The van der Waals surface area contributed by atoms with Crippen LogP contribution in [0.25, 0.3) is 0 Å². The molecule has 0 fully saturated rings. The van der Waals surface area contributed by atoms with Gasteiger partial charge in [-0.2, -0.15) is 5.11 Å². The molecule has 0 aliphatic carbocycles. The fraction of sp³-hybridized carbons (Fsp3) is 0.435. The molecule has 2 rings (SSSR count). The van der Waals surface area contributed by atoms with E-state index in [-0.39, 0.29) is 0 Å². The molecular formula is C23H34ClN5O2. The van der Waals surface area contributed by atoms with Crippen LogP contribution >= 0.6 is 11.6 Å². The van der Waals surface area contributed by atoms with Crippen LogP contribution in [0.5, 0.6) is 0 Å². The minimum Gasteiger partial charge on any atom is -0.550 e. The average Bonchev–Trinajstić information content (AvgIpc) is 2.67. The Morgan fingerprint density at radius 2 is 1.61 bits per heavy atom. The van der Waals surface area contributed by atoms with Crippen LogP contribution in [0.4, 0.5) is 22.7 Å². The van der Waals surface area contributed by atoms with Crippen molar-refractivity contribution in [3.8, 4) is 0 Å². The first kappa shape index (κ1) is 26.6. The zero-order chi connectivity index (χ0) is 23.6. The molecule has 2 aromatic rings. The van der Waals surface area contributed by atoms with Crippen molar-refractivity contribution in [2.75, 3.05) is 59.8 Å². The Balaban J connectivity index is 0.00000110. The largest absolute Gasteiger partial charge is 0.550 e. The van der Waals surface area contributed by atoms with Crippen molar-refractivity contribution in [2.45, 2.75) is 13.8 Å². The zero-order valence-electron chi connectivity index (χ0n) is 19.6. The van der Waals surface area contributed by atoms with Gasteiger partial charge in [-0.15, -0.1) is 5.11 Å². The SMILES string of the molecule is CC(=O)[O-].CCN(CCN(C)C)c1ccc(N=Nc2ccc([N+](C)(C)C)cc2Cl)cc1. The smallest absolute Gasteiger partial charge is 0.133 e. The van der Waals surface area contributed by atoms with Crippen LogP contribution in [0.15, 0.2) is 52.7 Å². The highest BCUT2D eigenvalue weighted by atomic mass is 35.5. The first-order valence-corrected chi connectivity index (χ1v) is 10.5. The number of hydrogen-bond acceptors (Lipinski definition) is 6. The van der Waals surface area contributed by atoms with Crippen molar-refractivity contribution in [2.24, 2.45) is 10.2 Å². The Hall–Kier alpha value is -2.48. The van der Waals surface area contributed by atoms with Crippen LogP contribution in [0.2, 0.25) is 5.02 Å². The van der Waals surface area contributed by atoms with Crippen LogP contribution in [-0.2, 0) is 4.79 Å². The molecule has 0 aromatic heterocycles. The molecule has 0 bridgehead atoms. The van der Waals surface area contributed by atoms with Gasteiger partial charge >= 0.3 is 0 Å². The number of likely N-dealkylation sites (N-methyl/N-ethyl adjacent to an activating group) is 2. The van der Waals surface area contributed by atoms with Crippen LogP contribution < -0.4 is 14.5 Å². The summed E-state index contributed by atoms with van der Waals surface area (Å²) in [5, 5.41) is 18.2. The van der Waals surface area contributed by atoms with Crippen LogP contribution in [0.1, 0.15) is 13.8 Å². The molecule has 2 aromatic carbocycles. The topological polar surface area (TPSA) is 71.3 Å². The van der Waals surface area contributed by atoms with E-state index in [0.29, 0.717) is 15.2 Å². The molecule has 0 spiro atoms. The predicted molar refractivity (Wildman–Crippen MR) is 129 cm³/mol. The van der Waals surface area contributed by atoms with Crippen molar-refractivity contribution in [1.82, 2.24) is 9.38 Å². The number of nitrogens with zero attached hydrogens (tertiary/aromatic N) is 5. The standard InChI is InChI=1S/C21H31ClN5.C2H4O2/c1-7-26(15-14-25(2)3)18-10-8-17(9-11-18)23-24-21-13-12-19(16-20(21)22)27(4,5)6;1-2(3)4/h8-13,16H,7,14-15H2,1-6H3;1H3,(H,3,4)/q+1;/p-1. The van der Waals surface area contributed by atoms with Gasteiger partial charge in [-0.3, -0.25) is 4.48 Å². The molecule has 0 aliphatic heterocycles. The van der Waals surface area contributed by atoms with Gasteiger partial charge in [0.05, 0.1) is 31.9 Å². The lowest BCUT2D eigenvalue weighted by molar-refractivity contribution is -0.302. The van der Waals surface area contributed by atoms with E-state index in [2.05, 4.69) is 74.3 Å². The van der Waals surface area contributed by atoms with Crippen molar-refractivity contribution in [3.63, 3.8) is 0 Å². The quantitative estimate of drug-likeness (QED) is 0.451. The molecular weight excluding hydrogens is 414 g/mol. The number of carboxylic acid groups (broad SMARTS) is 1. The van der Waals surface area contributed by atoms with E-state index in [1.54, 1.807) is 0 Å². The number of carbonyl (C=O) groups excluding carboxylic acids is 1. The summed E-state index contributed by atoms with van der Waals surface area (Å²) in [5.74, 6) is -1.08. The number of anilines is 1. The Labute approximate surface area is 191 Å². The predicted octanol–water partition coefficient (Wildman–Crippen LogP) is 4.10. The molecule has 0 radical (unpaired) electrons. The number of quaternary nitrogens is 1. The van der Waals surface area contributed by atoms with Crippen molar-refractivity contribution < 1.29 is 9.90 Å². The van der Waals surface area contributed by atoms with Gasteiger partial charge in [0.15, 0.2) is 0 Å². The summed E-state index contributed by atoms with van der Waals surface area (Å²) < 4.78 is 0.709. The molecule has 8 heteroatoms. The lowest BCUT2D eigenvalue weighted by Gasteiger charge is -2.24. The minimum absolute atomic E-state index is 0.613. The molecule has 170 valence electrons. The third-order valence-corrected chi connectivity index (χ3v) is 4.70. The monoisotopic (exact) mass is 447 g/mol. The number of aliphatic carboxylic acids is 1. The molecule has 0 saturated heterocycles. The lowest BCUT2D eigenvalue weighted by atomic mass is 10.2. The summed E-state index contributed by atoms with van der Waals surface area (Å²) in [6.45, 7) is 6.14. The van der Waals surface area contributed by atoms with Gasteiger partial charge in [-0.25, -0.2) is 0 Å². The molecule has 0 atom stereocenters. The molecule has 7 nitrogen and oxygen atoms in total. The van der Waals surface area contributed by atoms with E-state index in [9.17, 15) is 0 Å². The number of halogens is 1. The number of carbonyl (C=O) groups is 1. The number of rotatable bonds is 8. The van der Waals surface area contributed by atoms with E-state index in [1.807, 2.05) is 30.3 Å². The Morgan fingerprint density at radius 1 is 1.03 bits per heavy atom. The summed E-state index contributed by atoms with van der Waals surface area (Å²) in [6.07, 6.45) is 0. The molecule has 0 amide bonds. The molecule has 0 saturated carbocycles. The minimum atomic E-state index is -1.08. The number of benzene rings is 2. The third kappa shape index (κ3) is 9.91. The summed E-state index contributed by atoms with van der Waals surface area (Å²) in [6, 6.07) is 14.1. The molecule has 31 heavy (non-hydrogen) atoms. The summed E-state index contributed by atoms with van der Waals surface area (Å²) >= 11 is 6.37. The zero-order valence-corrected chi connectivity index (χ0v) is 20.3. The van der Waals surface area contributed by atoms with E-state index in [4.69, 9.17) is 21.5 Å². The van der Waals surface area contributed by atoms with Crippen molar-refractivity contribution in [1.29, 1.82) is 0 Å². The molecule has 0 unspecified atom stereocenters. The second-order valence-electron chi connectivity index (χ2n) is 8.24. The fourth-order valence-electron chi connectivity index (χ4n) is 2.63. The van der Waals surface area contributed by atoms with Crippen molar-refractivity contribution in [3.05, 3.63) is 47.5 Å². The van der Waals surface area contributed by atoms with Gasteiger partial charge < -0.3 is 19.7 Å². The normalized spacial score (nSPS) is 11.4. The maximum atomic E-state index is 8.89. The fourth-order valence-corrected chi connectivity index (χ4v) is 2.84. The molecule has 0 aliphatic rings. The second kappa shape index (κ2) is 12.4. The van der Waals surface area contributed by atoms with Gasteiger partial charge in [0.1, 0.15) is 11.4 Å². The van der Waals surface area contributed by atoms with E-state index in [1.165, 1.54) is 5.69 Å². The third-order valence-electron chi connectivity index (χ3n) is 4.39. The van der Waals surface area contributed by atoms with Gasteiger partial charge in [0.2, 0.25) is 0 Å². The maximum absolute atomic E-state index is 8.89. The van der Waals surface area contributed by atoms with Gasteiger partial charge in [-0.1, -0.05) is 11.6 Å². The highest BCUT2D eigenvalue weighted by Gasteiger charge is 2.14.